The summed E-state index contributed by atoms with van der Waals surface area (Å²) in [5.74, 6) is 1.16. The lowest BCUT2D eigenvalue weighted by Crippen LogP contribution is -2.30. The highest BCUT2D eigenvalue weighted by Gasteiger charge is 2.24. The monoisotopic (exact) mass is 278 g/mol. The highest BCUT2D eigenvalue weighted by molar-refractivity contribution is 5.76. The molecule has 0 spiro atoms. The molecule has 20 heavy (non-hydrogen) atoms. The van der Waals surface area contributed by atoms with Crippen LogP contribution < -0.4 is 9.47 Å². The van der Waals surface area contributed by atoms with Gasteiger partial charge < -0.3 is 14.6 Å². The summed E-state index contributed by atoms with van der Waals surface area (Å²) in [4.78, 5) is 10.8. The summed E-state index contributed by atoms with van der Waals surface area (Å²) < 4.78 is 11.5. The van der Waals surface area contributed by atoms with Crippen LogP contribution in [0.1, 0.15) is 49.4 Å². The van der Waals surface area contributed by atoms with Crippen LogP contribution in [0, 0.1) is 0 Å². The van der Waals surface area contributed by atoms with Gasteiger partial charge in [-0.3, -0.25) is 4.79 Å². The standard InChI is InChI=1S/C16H22O4/c1-2-19-16-10-12(11-17)8-9-15(16)20-14-7-5-3-4-6-13(14)18/h8-11,13-14,18H,2-7H2,1H3. The van der Waals surface area contributed by atoms with Crippen LogP contribution in [-0.4, -0.2) is 30.2 Å². The van der Waals surface area contributed by atoms with Crippen molar-refractivity contribution in [1.82, 2.24) is 0 Å². The molecule has 2 unspecified atom stereocenters. The van der Waals surface area contributed by atoms with Crippen molar-refractivity contribution in [2.75, 3.05) is 6.61 Å². The van der Waals surface area contributed by atoms with Crippen LogP contribution >= 0.6 is 0 Å². The van der Waals surface area contributed by atoms with Crippen LogP contribution in [0.2, 0.25) is 0 Å². The largest absolute Gasteiger partial charge is 0.490 e. The van der Waals surface area contributed by atoms with Gasteiger partial charge in [-0.1, -0.05) is 12.8 Å². The fourth-order valence-electron chi connectivity index (χ4n) is 2.52. The average Bonchev–Trinajstić information content (AvgIpc) is 2.66. The predicted octanol–water partition coefficient (Wildman–Crippen LogP) is 2.97. The molecular formula is C16H22O4. The molecule has 0 saturated heterocycles. The van der Waals surface area contributed by atoms with E-state index in [1.54, 1.807) is 18.2 Å². The minimum absolute atomic E-state index is 0.196. The SMILES string of the molecule is CCOc1cc(C=O)ccc1OC1CCCCCC1O. The number of hydrogen-bond donors (Lipinski definition) is 1. The lowest BCUT2D eigenvalue weighted by molar-refractivity contribution is 0.0302. The van der Waals surface area contributed by atoms with E-state index in [0.717, 1.165) is 38.4 Å². The molecule has 0 radical (unpaired) electrons. The molecule has 1 fully saturated rings. The van der Waals surface area contributed by atoms with Gasteiger partial charge in [0.05, 0.1) is 12.7 Å². The number of aliphatic hydroxyl groups is 1. The summed E-state index contributed by atoms with van der Waals surface area (Å²) in [6.45, 7) is 2.39. The molecule has 0 bridgehead atoms. The van der Waals surface area contributed by atoms with E-state index in [1.165, 1.54) is 0 Å². The third-order valence-electron chi connectivity index (χ3n) is 3.60. The second-order valence-electron chi connectivity index (χ2n) is 5.12. The maximum Gasteiger partial charge on any atom is 0.161 e. The number of hydrogen-bond acceptors (Lipinski definition) is 4. The first kappa shape index (κ1) is 14.9. The van der Waals surface area contributed by atoms with Crippen LogP contribution in [0.3, 0.4) is 0 Å². The zero-order valence-electron chi connectivity index (χ0n) is 11.9. The minimum Gasteiger partial charge on any atom is -0.490 e. The molecule has 1 aliphatic rings. The summed E-state index contributed by atoms with van der Waals surface area (Å²) in [6, 6.07) is 5.12. The Morgan fingerprint density at radius 1 is 1.25 bits per heavy atom. The maximum atomic E-state index is 10.8. The Morgan fingerprint density at radius 3 is 2.80 bits per heavy atom. The minimum atomic E-state index is -0.433. The molecule has 1 aromatic rings. The Kier molecular flexibility index (Phi) is 5.41. The number of aliphatic hydroxyl groups excluding tert-OH is 1. The highest BCUT2D eigenvalue weighted by Crippen LogP contribution is 2.31. The average molecular weight is 278 g/mol. The van der Waals surface area contributed by atoms with Crippen LogP contribution in [0.15, 0.2) is 18.2 Å². The summed E-state index contributed by atoms with van der Waals surface area (Å²) in [6.07, 6.45) is 5.04. The molecular weight excluding hydrogens is 256 g/mol. The van der Waals surface area contributed by atoms with Gasteiger partial charge in [0, 0.05) is 5.56 Å². The smallest absolute Gasteiger partial charge is 0.161 e. The normalized spacial score (nSPS) is 22.9. The molecule has 0 amide bonds. The van der Waals surface area contributed by atoms with Crippen molar-refractivity contribution in [3.05, 3.63) is 23.8 Å². The molecule has 4 heteroatoms. The van der Waals surface area contributed by atoms with Crippen LogP contribution in [-0.2, 0) is 0 Å². The fourth-order valence-corrected chi connectivity index (χ4v) is 2.52. The zero-order valence-corrected chi connectivity index (χ0v) is 11.9. The van der Waals surface area contributed by atoms with E-state index in [1.807, 2.05) is 6.92 Å². The van der Waals surface area contributed by atoms with Crippen molar-refractivity contribution in [2.45, 2.75) is 51.2 Å². The maximum absolute atomic E-state index is 10.8. The predicted molar refractivity (Wildman–Crippen MR) is 76.5 cm³/mol. The molecule has 0 aliphatic heterocycles. The van der Waals surface area contributed by atoms with Crippen molar-refractivity contribution in [3.8, 4) is 11.5 Å². The second-order valence-corrected chi connectivity index (χ2v) is 5.12. The lowest BCUT2D eigenvalue weighted by Gasteiger charge is -2.23. The molecule has 1 aliphatic carbocycles. The molecule has 2 rings (SSSR count). The van der Waals surface area contributed by atoms with Gasteiger partial charge in [0.15, 0.2) is 11.5 Å². The number of aldehydes is 1. The van der Waals surface area contributed by atoms with Crippen LogP contribution in [0.25, 0.3) is 0 Å². The number of rotatable bonds is 5. The third-order valence-corrected chi connectivity index (χ3v) is 3.60. The van der Waals surface area contributed by atoms with Gasteiger partial charge in [-0.25, -0.2) is 0 Å². The fraction of sp³-hybridized carbons (Fsp3) is 0.562. The third kappa shape index (κ3) is 3.73. The Hall–Kier alpha value is -1.55. The summed E-state index contributed by atoms with van der Waals surface area (Å²) >= 11 is 0. The molecule has 110 valence electrons. The van der Waals surface area contributed by atoms with E-state index >= 15 is 0 Å². The molecule has 0 heterocycles. The van der Waals surface area contributed by atoms with Crippen molar-refractivity contribution < 1.29 is 19.4 Å². The van der Waals surface area contributed by atoms with E-state index < -0.39 is 6.10 Å². The number of benzene rings is 1. The van der Waals surface area contributed by atoms with Gasteiger partial charge in [0.1, 0.15) is 12.4 Å². The van der Waals surface area contributed by atoms with E-state index in [2.05, 4.69) is 0 Å². The first-order chi connectivity index (χ1) is 9.74. The van der Waals surface area contributed by atoms with Gasteiger partial charge in [-0.2, -0.15) is 0 Å². The summed E-state index contributed by atoms with van der Waals surface area (Å²) in [5, 5.41) is 10.1. The molecule has 2 atom stereocenters. The van der Waals surface area contributed by atoms with Crippen molar-refractivity contribution >= 4 is 6.29 Å². The van der Waals surface area contributed by atoms with Gasteiger partial charge in [-0.05, 0) is 44.4 Å². The summed E-state index contributed by atoms with van der Waals surface area (Å²) in [7, 11) is 0. The number of carbonyl (C=O) groups excluding carboxylic acids is 1. The first-order valence-corrected chi connectivity index (χ1v) is 7.31. The topological polar surface area (TPSA) is 55.8 Å². The van der Waals surface area contributed by atoms with Gasteiger partial charge in [0.25, 0.3) is 0 Å². The van der Waals surface area contributed by atoms with Gasteiger partial charge in [0.2, 0.25) is 0 Å². The van der Waals surface area contributed by atoms with Gasteiger partial charge >= 0.3 is 0 Å². The highest BCUT2D eigenvalue weighted by atomic mass is 16.5. The Balaban J connectivity index is 2.16. The quantitative estimate of drug-likeness (QED) is 0.664. The molecule has 1 aromatic carbocycles. The zero-order chi connectivity index (χ0) is 14.4. The second kappa shape index (κ2) is 7.29. The molecule has 1 N–H and O–H groups in total. The molecule has 0 aromatic heterocycles. The van der Waals surface area contributed by atoms with E-state index in [9.17, 15) is 9.90 Å². The van der Waals surface area contributed by atoms with E-state index in [4.69, 9.17) is 9.47 Å². The van der Waals surface area contributed by atoms with Crippen LogP contribution in [0.5, 0.6) is 11.5 Å². The molecule has 1 saturated carbocycles. The van der Waals surface area contributed by atoms with Crippen LogP contribution in [0.4, 0.5) is 0 Å². The first-order valence-electron chi connectivity index (χ1n) is 7.31. The van der Waals surface area contributed by atoms with E-state index in [0.29, 0.717) is 23.7 Å². The van der Waals surface area contributed by atoms with Gasteiger partial charge in [-0.15, -0.1) is 0 Å². The van der Waals surface area contributed by atoms with E-state index in [-0.39, 0.29) is 6.10 Å². The van der Waals surface area contributed by atoms with Crippen molar-refractivity contribution in [1.29, 1.82) is 0 Å². The Morgan fingerprint density at radius 2 is 2.05 bits per heavy atom. The Bertz CT molecular complexity index is 444. The number of carbonyl (C=O) groups is 1. The number of ether oxygens (including phenoxy) is 2. The lowest BCUT2D eigenvalue weighted by atomic mass is 10.1. The van der Waals surface area contributed by atoms with Crippen molar-refractivity contribution in [2.24, 2.45) is 0 Å². The molecule has 4 nitrogen and oxygen atoms in total. The summed E-state index contributed by atoms with van der Waals surface area (Å²) in [5.41, 5.74) is 0.558. The Labute approximate surface area is 119 Å². The van der Waals surface area contributed by atoms with Crippen molar-refractivity contribution in [3.63, 3.8) is 0 Å².